The van der Waals surface area contributed by atoms with Gasteiger partial charge in [0.1, 0.15) is 4.99 Å². The lowest BCUT2D eigenvalue weighted by molar-refractivity contribution is -0.120. The standard InChI is InChI=1S/C14H17N5OS/c15-14(21)12-4-2-11(3-5-12)10-13(20)16-6-1-8-19-9-7-17-18-19/h2-5,7,9H,1,6,8,10H2,(H2,15,21)(H,16,20). The number of nitrogens with one attached hydrogen (secondary N) is 1. The summed E-state index contributed by atoms with van der Waals surface area (Å²) in [5.74, 6) is -0.00309. The molecule has 110 valence electrons. The van der Waals surface area contributed by atoms with Crippen LogP contribution in [-0.2, 0) is 17.8 Å². The normalized spacial score (nSPS) is 10.3. The smallest absolute Gasteiger partial charge is 0.224 e. The third-order valence-electron chi connectivity index (χ3n) is 2.96. The topological polar surface area (TPSA) is 85.8 Å². The highest BCUT2D eigenvalue weighted by Gasteiger charge is 2.03. The summed E-state index contributed by atoms with van der Waals surface area (Å²) in [7, 11) is 0. The lowest BCUT2D eigenvalue weighted by atomic mass is 10.1. The molecule has 21 heavy (non-hydrogen) atoms. The molecule has 0 saturated heterocycles. The van der Waals surface area contributed by atoms with Gasteiger partial charge in [-0.25, -0.2) is 0 Å². The first-order chi connectivity index (χ1) is 10.1. The number of benzene rings is 1. The van der Waals surface area contributed by atoms with E-state index in [-0.39, 0.29) is 5.91 Å². The van der Waals surface area contributed by atoms with E-state index < -0.39 is 0 Å². The quantitative estimate of drug-likeness (QED) is 0.580. The molecule has 0 spiro atoms. The molecule has 1 aromatic carbocycles. The number of carbonyl (C=O) groups is 1. The van der Waals surface area contributed by atoms with E-state index in [0.717, 1.165) is 24.1 Å². The van der Waals surface area contributed by atoms with Gasteiger partial charge in [-0.15, -0.1) is 5.10 Å². The largest absolute Gasteiger partial charge is 0.389 e. The molecule has 7 heteroatoms. The minimum Gasteiger partial charge on any atom is -0.389 e. The van der Waals surface area contributed by atoms with E-state index in [9.17, 15) is 4.79 Å². The van der Waals surface area contributed by atoms with Crippen LogP contribution in [0.5, 0.6) is 0 Å². The summed E-state index contributed by atoms with van der Waals surface area (Å²) in [5, 5.41) is 10.5. The maximum absolute atomic E-state index is 11.8. The number of aryl methyl sites for hydroxylation is 1. The molecule has 0 saturated carbocycles. The fraction of sp³-hybridized carbons (Fsp3) is 0.286. The molecule has 0 unspecified atom stereocenters. The Balaban J connectivity index is 1.70. The van der Waals surface area contributed by atoms with Crippen molar-refractivity contribution in [2.24, 2.45) is 5.73 Å². The Labute approximate surface area is 128 Å². The van der Waals surface area contributed by atoms with Gasteiger partial charge in [0.25, 0.3) is 0 Å². The number of thiocarbonyl (C=S) groups is 1. The van der Waals surface area contributed by atoms with Gasteiger partial charge in [0.2, 0.25) is 5.91 Å². The lowest BCUT2D eigenvalue weighted by Gasteiger charge is -2.06. The monoisotopic (exact) mass is 303 g/mol. The van der Waals surface area contributed by atoms with Crippen LogP contribution in [0.15, 0.2) is 36.7 Å². The Morgan fingerprint density at radius 2 is 2.10 bits per heavy atom. The van der Waals surface area contributed by atoms with Gasteiger partial charge in [-0.3, -0.25) is 9.48 Å². The van der Waals surface area contributed by atoms with Crippen LogP contribution in [0, 0.1) is 0 Å². The Hall–Kier alpha value is -2.28. The fourth-order valence-corrected chi connectivity index (χ4v) is 1.99. The maximum atomic E-state index is 11.8. The minimum atomic E-state index is -0.00309. The molecule has 3 N–H and O–H groups in total. The molecule has 0 aliphatic heterocycles. The summed E-state index contributed by atoms with van der Waals surface area (Å²) in [6, 6.07) is 7.39. The number of nitrogens with two attached hydrogens (primary N) is 1. The van der Waals surface area contributed by atoms with Crippen LogP contribution in [0.2, 0.25) is 0 Å². The molecule has 6 nitrogen and oxygen atoms in total. The van der Waals surface area contributed by atoms with Crippen molar-refractivity contribution < 1.29 is 4.79 Å². The molecule has 0 fully saturated rings. The van der Waals surface area contributed by atoms with E-state index in [1.165, 1.54) is 0 Å². The number of carbonyl (C=O) groups excluding carboxylic acids is 1. The molecule has 1 heterocycles. The first-order valence-corrected chi connectivity index (χ1v) is 7.05. The molecule has 1 aromatic heterocycles. The van der Waals surface area contributed by atoms with Gasteiger partial charge in [-0.2, -0.15) is 0 Å². The number of aromatic nitrogens is 3. The van der Waals surface area contributed by atoms with Crippen LogP contribution >= 0.6 is 12.2 Å². The summed E-state index contributed by atoms with van der Waals surface area (Å²) in [4.78, 5) is 12.2. The van der Waals surface area contributed by atoms with Crippen LogP contribution in [0.1, 0.15) is 17.5 Å². The van der Waals surface area contributed by atoms with Crippen molar-refractivity contribution in [2.45, 2.75) is 19.4 Å². The first kappa shape index (κ1) is 15.1. The van der Waals surface area contributed by atoms with E-state index in [1.54, 1.807) is 17.1 Å². The Morgan fingerprint density at radius 1 is 1.33 bits per heavy atom. The van der Waals surface area contributed by atoms with E-state index in [0.29, 0.717) is 18.0 Å². The van der Waals surface area contributed by atoms with Gasteiger partial charge in [0.05, 0.1) is 12.6 Å². The van der Waals surface area contributed by atoms with Gasteiger partial charge < -0.3 is 11.1 Å². The van der Waals surface area contributed by atoms with E-state index in [1.807, 2.05) is 24.3 Å². The summed E-state index contributed by atoms with van der Waals surface area (Å²) in [6.07, 6.45) is 4.59. The molecular formula is C14H17N5OS. The van der Waals surface area contributed by atoms with Crippen LogP contribution in [0.4, 0.5) is 0 Å². The van der Waals surface area contributed by atoms with E-state index >= 15 is 0 Å². The van der Waals surface area contributed by atoms with Gasteiger partial charge in [-0.1, -0.05) is 41.7 Å². The van der Waals surface area contributed by atoms with Crippen molar-refractivity contribution in [1.29, 1.82) is 0 Å². The zero-order chi connectivity index (χ0) is 15.1. The first-order valence-electron chi connectivity index (χ1n) is 6.64. The fourth-order valence-electron chi connectivity index (χ4n) is 1.86. The van der Waals surface area contributed by atoms with Crippen molar-refractivity contribution in [1.82, 2.24) is 20.3 Å². The highest BCUT2D eigenvalue weighted by Crippen LogP contribution is 2.05. The predicted octanol–water partition coefficient (Wildman–Crippen LogP) is 0.661. The summed E-state index contributed by atoms with van der Waals surface area (Å²) in [6.45, 7) is 1.35. The van der Waals surface area contributed by atoms with Crippen molar-refractivity contribution in [3.63, 3.8) is 0 Å². The van der Waals surface area contributed by atoms with Crippen molar-refractivity contribution >= 4 is 23.1 Å². The SMILES string of the molecule is NC(=S)c1ccc(CC(=O)NCCCn2ccnn2)cc1. The van der Waals surface area contributed by atoms with Gasteiger partial charge >= 0.3 is 0 Å². The van der Waals surface area contributed by atoms with Gasteiger partial charge in [0.15, 0.2) is 0 Å². The zero-order valence-electron chi connectivity index (χ0n) is 11.5. The molecule has 0 bridgehead atoms. The Kier molecular flexibility index (Phi) is 5.39. The van der Waals surface area contributed by atoms with Gasteiger partial charge in [-0.05, 0) is 12.0 Å². The van der Waals surface area contributed by atoms with Crippen LogP contribution in [0.25, 0.3) is 0 Å². The third-order valence-corrected chi connectivity index (χ3v) is 3.20. The third kappa shape index (κ3) is 4.96. The molecule has 0 radical (unpaired) electrons. The molecule has 1 amide bonds. The van der Waals surface area contributed by atoms with Crippen LogP contribution in [0.3, 0.4) is 0 Å². The molecule has 0 atom stereocenters. The second-order valence-electron chi connectivity index (χ2n) is 4.61. The van der Waals surface area contributed by atoms with E-state index in [2.05, 4.69) is 15.6 Å². The van der Waals surface area contributed by atoms with Crippen LogP contribution in [-0.4, -0.2) is 32.4 Å². The molecule has 2 rings (SSSR count). The zero-order valence-corrected chi connectivity index (χ0v) is 12.3. The number of nitrogens with zero attached hydrogens (tertiary/aromatic N) is 3. The Bertz CT molecular complexity index is 594. The van der Waals surface area contributed by atoms with E-state index in [4.69, 9.17) is 18.0 Å². The Morgan fingerprint density at radius 3 is 2.71 bits per heavy atom. The second-order valence-corrected chi connectivity index (χ2v) is 5.05. The molecule has 2 aromatic rings. The second kappa shape index (κ2) is 7.49. The number of rotatable bonds is 7. The highest BCUT2D eigenvalue weighted by molar-refractivity contribution is 7.80. The lowest BCUT2D eigenvalue weighted by Crippen LogP contribution is -2.26. The number of amides is 1. The van der Waals surface area contributed by atoms with Gasteiger partial charge in [0, 0.05) is 24.8 Å². The van der Waals surface area contributed by atoms with Crippen molar-refractivity contribution in [3.05, 3.63) is 47.8 Å². The average molecular weight is 303 g/mol. The predicted molar refractivity (Wildman–Crippen MR) is 83.7 cm³/mol. The average Bonchev–Trinajstić information content (AvgIpc) is 2.97. The minimum absolute atomic E-state index is 0.00309. The maximum Gasteiger partial charge on any atom is 0.224 e. The summed E-state index contributed by atoms with van der Waals surface area (Å²) in [5.41, 5.74) is 7.27. The van der Waals surface area contributed by atoms with Crippen molar-refractivity contribution in [2.75, 3.05) is 6.54 Å². The molecular weight excluding hydrogens is 286 g/mol. The number of hydrogen-bond acceptors (Lipinski definition) is 4. The highest BCUT2D eigenvalue weighted by atomic mass is 32.1. The van der Waals surface area contributed by atoms with Crippen LogP contribution < -0.4 is 11.1 Å². The summed E-state index contributed by atoms with van der Waals surface area (Å²) < 4.78 is 1.74. The number of hydrogen-bond donors (Lipinski definition) is 2. The van der Waals surface area contributed by atoms with Crippen molar-refractivity contribution in [3.8, 4) is 0 Å². The molecule has 0 aliphatic carbocycles. The summed E-state index contributed by atoms with van der Waals surface area (Å²) >= 11 is 4.88. The molecule has 0 aliphatic rings.